The zero-order valence-corrected chi connectivity index (χ0v) is 45.1. The first kappa shape index (κ1) is 59.2. The van der Waals surface area contributed by atoms with Crippen molar-refractivity contribution < 1.29 is 42.8 Å². The van der Waals surface area contributed by atoms with Crippen LogP contribution >= 0.6 is 35.3 Å². The first-order chi connectivity index (χ1) is 34.4. The Morgan fingerprint density at radius 3 is 0.746 bits per heavy atom. The Morgan fingerprint density at radius 2 is 0.563 bits per heavy atom. The van der Waals surface area contributed by atoms with Gasteiger partial charge in [0.05, 0.1) is 41.2 Å². The van der Waals surface area contributed by atoms with Crippen molar-refractivity contribution in [2.24, 2.45) is 17.8 Å². The van der Waals surface area contributed by atoms with E-state index in [4.69, 9.17) is 28.4 Å². The van der Waals surface area contributed by atoms with Crippen molar-refractivity contribution in [3.63, 3.8) is 0 Å². The summed E-state index contributed by atoms with van der Waals surface area (Å²) in [6.07, 6.45) is 3.30. The van der Waals surface area contributed by atoms with Crippen LogP contribution in [0.25, 0.3) is 0 Å². The summed E-state index contributed by atoms with van der Waals surface area (Å²) in [6.45, 7) is 21.1. The second kappa shape index (κ2) is 33.5. The van der Waals surface area contributed by atoms with Gasteiger partial charge in [-0.3, -0.25) is 14.4 Å². The molecule has 6 aromatic rings. The molecule has 0 amide bonds. The van der Waals surface area contributed by atoms with Crippen molar-refractivity contribution >= 4 is 50.6 Å². The van der Waals surface area contributed by atoms with Gasteiger partial charge in [-0.1, -0.05) is 60.8 Å². The number of hydrogen-bond donors (Lipinski definition) is 0. The molecule has 0 saturated heterocycles. The van der Waals surface area contributed by atoms with Gasteiger partial charge in [0.2, 0.25) is 15.3 Å². The van der Waals surface area contributed by atoms with Crippen LogP contribution in [0.3, 0.4) is 0 Å². The van der Waals surface area contributed by atoms with Crippen LogP contribution in [0.4, 0.5) is 0 Å². The maximum Gasteiger partial charge on any atom is 0.224 e. The quantitative estimate of drug-likeness (QED) is 0.0506. The summed E-state index contributed by atoms with van der Waals surface area (Å²) in [5.41, 5.74) is 1.98. The van der Waals surface area contributed by atoms with E-state index in [1.54, 1.807) is 94.1 Å². The molecule has 6 aromatic carbocycles. The molecule has 0 spiro atoms. The van der Waals surface area contributed by atoms with Crippen molar-refractivity contribution in [2.75, 3.05) is 41.2 Å². The van der Waals surface area contributed by atoms with Crippen LogP contribution in [0.5, 0.6) is 34.5 Å². The molecule has 0 aliphatic heterocycles. The molecule has 0 bridgehead atoms. The monoisotopic (exact) mass is 1020 g/mol. The van der Waals surface area contributed by atoms with Crippen LogP contribution in [0.1, 0.15) is 91.9 Å². The van der Waals surface area contributed by atoms with Gasteiger partial charge in [-0.25, -0.2) is 0 Å². The van der Waals surface area contributed by atoms with Crippen LogP contribution in [-0.2, 0) is 0 Å². The second-order valence-electron chi connectivity index (χ2n) is 16.2. The minimum absolute atomic E-state index is 0.0147. The summed E-state index contributed by atoms with van der Waals surface area (Å²) in [7, 11) is 4.82. The maximum atomic E-state index is 12.2. The highest BCUT2D eigenvalue weighted by molar-refractivity contribution is 8.14. The van der Waals surface area contributed by atoms with Crippen LogP contribution in [0.15, 0.2) is 173 Å². The molecule has 9 nitrogen and oxygen atoms in total. The van der Waals surface area contributed by atoms with Gasteiger partial charge < -0.3 is 28.4 Å². The summed E-state index contributed by atoms with van der Waals surface area (Å²) in [6, 6.07) is 44.3. The van der Waals surface area contributed by atoms with Crippen LogP contribution in [-0.4, -0.2) is 56.5 Å². The molecule has 3 atom stereocenters. The first-order valence-electron chi connectivity index (χ1n) is 23.6. The molecule has 0 saturated carbocycles. The van der Waals surface area contributed by atoms with Crippen molar-refractivity contribution in [3.8, 4) is 34.5 Å². The smallest absolute Gasteiger partial charge is 0.224 e. The van der Waals surface area contributed by atoms with E-state index in [0.29, 0.717) is 54.3 Å². The lowest BCUT2D eigenvalue weighted by molar-refractivity contribution is 0.108. The lowest BCUT2D eigenvalue weighted by Gasteiger charge is -2.11. The maximum absolute atomic E-state index is 12.2. The number of methoxy groups -OCH3 is 3. The van der Waals surface area contributed by atoms with Gasteiger partial charge in [0.1, 0.15) is 34.5 Å². The van der Waals surface area contributed by atoms with E-state index in [-0.39, 0.29) is 15.3 Å². The predicted molar refractivity (Wildman–Crippen MR) is 295 cm³/mol. The van der Waals surface area contributed by atoms with Crippen LogP contribution < -0.4 is 28.4 Å². The molecule has 12 heteroatoms. The Labute approximate surface area is 435 Å². The van der Waals surface area contributed by atoms with Gasteiger partial charge in [-0.2, -0.15) is 0 Å². The second-order valence-corrected chi connectivity index (χ2v) is 19.4. The molecule has 6 rings (SSSR count). The largest absolute Gasteiger partial charge is 0.497 e. The summed E-state index contributed by atoms with van der Waals surface area (Å²) >= 11 is 3.64. The van der Waals surface area contributed by atoms with Crippen molar-refractivity contribution in [1.29, 1.82) is 0 Å². The third-order valence-corrected chi connectivity index (χ3v) is 13.6. The number of benzene rings is 6. The Hall–Kier alpha value is -6.08. The van der Waals surface area contributed by atoms with Gasteiger partial charge in [0.15, 0.2) is 0 Å². The third kappa shape index (κ3) is 22.3. The Morgan fingerprint density at radius 1 is 0.366 bits per heavy atom. The standard InChI is InChI=1S/3C19H22O3S.C2H4/c3*1-4-14(2)13-22-17-9-11-18(12-10-17)23-19(20)15-5-7-16(21-3)8-6-15;1-2/h3*5-12,14H,4,13H2,1-3H3;1-2H2. The fourth-order valence-corrected chi connectivity index (χ4v) is 7.78. The molecule has 0 aliphatic rings. The molecule has 3 unspecified atom stereocenters. The predicted octanol–water partition coefficient (Wildman–Crippen LogP) is 16.0. The molecule has 0 aliphatic carbocycles. The zero-order valence-electron chi connectivity index (χ0n) is 42.6. The lowest BCUT2D eigenvalue weighted by Crippen LogP contribution is -2.06. The molecule has 0 radical (unpaired) electrons. The molecule has 71 heavy (non-hydrogen) atoms. The molecule has 378 valence electrons. The fraction of sp³-hybridized carbons (Fsp3) is 0.305. The van der Waals surface area contributed by atoms with E-state index in [2.05, 4.69) is 54.7 Å². The minimum atomic E-state index is 0.0147. The van der Waals surface area contributed by atoms with Crippen molar-refractivity contribution in [2.45, 2.75) is 75.5 Å². The highest BCUT2D eigenvalue weighted by Crippen LogP contribution is 2.29. The third-order valence-electron chi connectivity index (χ3n) is 10.8. The number of ether oxygens (including phenoxy) is 6. The molecular formula is C59H70O9S3. The van der Waals surface area contributed by atoms with E-state index >= 15 is 0 Å². The SMILES string of the molecule is C=C.CCC(C)COc1ccc(SC(=O)c2ccc(OC)cc2)cc1.CCC(C)COc1ccc(SC(=O)c2ccc(OC)cc2)cc1.CCC(C)COc1ccc(SC(=O)c2ccc(OC)cc2)cc1. The van der Waals surface area contributed by atoms with Gasteiger partial charge in [-0.05, 0) is 199 Å². The van der Waals surface area contributed by atoms with Crippen LogP contribution in [0.2, 0.25) is 0 Å². The number of thioether (sulfide) groups is 3. The van der Waals surface area contributed by atoms with E-state index in [1.165, 1.54) is 35.3 Å². The molecule has 0 N–H and O–H groups in total. The number of hydrogen-bond acceptors (Lipinski definition) is 12. The molecular weight excluding hydrogens is 949 g/mol. The Kier molecular flexibility index (Phi) is 27.9. The molecule has 0 fully saturated rings. The van der Waals surface area contributed by atoms with E-state index in [1.807, 2.05) is 72.8 Å². The number of carbonyl (C=O) groups excluding carboxylic acids is 3. The lowest BCUT2D eigenvalue weighted by atomic mass is 10.1. The zero-order chi connectivity index (χ0) is 52.0. The molecule has 0 aromatic heterocycles. The van der Waals surface area contributed by atoms with Gasteiger partial charge >= 0.3 is 0 Å². The van der Waals surface area contributed by atoms with E-state index in [0.717, 1.165) is 68.4 Å². The Bertz CT molecular complexity index is 2150. The van der Waals surface area contributed by atoms with Gasteiger partial charge in [0, 0.05) is 31.4 Å². The Balaban J connectivity index is 0.000000276. The number of carbonyl (C=O) groups is 3. The topological polar surface area (TPSA) is 107 Å². The van der Waals surface area contributed by atoms with Crippen molar-refractivity contribution in [3.05, 3.63) is 175 Å². The molecule has 0 heterocycles. The normalized spacial score (nSPS) is 11.5. The summed E-state index contributed by atoms with van der Waals surface area (Å²) in [5, 5.41) is 0.0442. The van der Waals surface area contributed by atoms with Gasteiger partial charge in [0.25, 0.3) is 0 Å². The van der Waals surface area contributed by atoms with Crippen LogP contribution in [0, 0.1) is 17.8 Å². The minimum Gasteiger partial charge on any atom is -0.497 e. The van der Waals surface area contributed by atoms with E-state index in [9.17, 15) is 14.4 Å². The fourth-order valence-electron chi connectivity index (χ4n) is 5.56. The average molecular weight is 1020 g/mol. The summed E-state index contributed by atoms with van der Waals surface area (Å²) in [5.74, 6) is 6.38. The van der Waals surface area contributed by atoms with Gasteiger partial charge in [-0.15, -0.1) is 13.2 Å². The van der Waals surface area contributed by atoms with Crippen molar-refractivity contribution in [1.82, 2.24) is 0 Å². The highest BCUT2D eigenvalue weighted by atomic mass is 32.2. The summed E-state index contributed by atoms with van der Waals surface area (Å²) < 4.78 is 32.5. The van der Waals surface area contributed by atoms with E-state index < -0.39 is 0 Å². The summed E-state index contributed by atoms with van der Waals surface area (Å²) in [4.78, 5) is 39.4. The average Bonchev–Trinajstić information content (AvgIpc) is 3.43. The first-order valence-corrected chi connectivity index (χ1v) is 26.1. The highest BCUT2D eigenvalue weighted by Gasteiger charge is 2.12. The number of rotatable bonds is 21.